The van der Waals surface area contributed by atoms with Gasteiger partial charge < -0.3 is 10.6 Å². The summed E-state index contributed by atoms with van der Waals surface area (Å²) < 4.78 is 1.06. The lowest BCUT2D eigenvalue weighted by molar-refractivity contribution is 0.262. The lowest BCUT2D eigenvalue weighted by atomic mass is 10.3. The molecule has 0 saturated carbocycles. The van der Waals surface area contributed by atoms with E-state index in [1.807, 2.05) is 62.5 Å². The first-order chi connectivity index (χ1) is 14.7. The quantitative estimate of drug-likeness (QED) is 0.353. The molecular weight excluding hydrogens is 416 g/mol. The summed E-state index contributed by atoms with van der Waals surface area (Å²) in [5.74, 6) is 0.850. The average Bonchev–Trinajstić information content (AvgIpc) is 3.37. The fraction of sp³-hybridized carbons (Fsp3) is 0.238. The normalized spacial score (nSPS) is 10.2. The number of thiazole rings is 1. The van der Waals surface area contributed by atoms with Crippen LogP contribution in [0.5, 0.6) is 0 Å². The van der Waals surface area contributed by atoms with Gasteiger partial charge in [-0.15, -0.1) is 22.7 Å². The number of nitrogens with zero attached hydrogens (tertiary/aromatic N) is 3. The Morgan fingerprint density at radius 2 is 1.87 bits per heavy atom. The second-order valence-corrected chi connectivity index (χ2v) is 8.01. The van der Waals surface area contributed by atoms with Crippen molar-refractivity contribution in [3.8, 4) is 0 Å². The van der Waals surface area contributed by atoms with Crippen molar-refractivity contribution in [1.29, 1.82) is 0 Å². The molecule has 0 aliphatic rings. The molecule has 0 spiro atoms. The number of benzene rings is 1. The summed E-state index contributed by atoms with van der Waals surface area (Å²) >= 11 is 3.11. The Morgan fingerprint density at radius 1 is 1.07 bits per heavy atom. The molecule has 0 atom stereocenters. The van der Waals surface area contributed by atoms with Gasteiger partial charge in [0.05, 0.1) is 15.9 Å². The first kappa shape index (κ1) is 21.7. The molecule has 9 heteroatoms. The molecule has 7 nitrogen and oxygen atoms in total. The number of aryl methyl sites for hydroxylation is 1. The van der Waals surface area contributed by atoms with Gasteiger partial charge in [-0.1, -0.05) is 32.0 Å². The highest BCUT2D eigenvalue weighted by Gasteiger charge is 2.11. The molecule has 0 radical (unpaired) electrons. The Morgan fingerprint density at radius 3 is 2.67 bits per heavy atom. The predicted molar refractivity (Wildman–Crippen MR) is 127 cm³/mol. The van der Waals surface area contributed by atoms with Crippen molar-refractivity contribution in [2.75, 3.05) is 22.5 Å². The zero-order chi connectivity index (χ0) is 21.3. The number of nitrogens with one attached hydrogen (secondary N) is 3. The van der Waals surface area contributed by atoms with E-state index in [1.54, 1.807) is 17.7 Å². The van der Waals surface area contributed by atoms with E-state index in [2.05, 4.69) is 30.9 Å². The first-order valence-electron chi connectivity index (χ1n) is 9.70. The molecule has 2 amide bonds. The summed E-state index contributed by atoms with van der Waals surface area (Å²) in [5.41, 5.74) is 2.61. The number of anilines is 3. The smallest absolute Gasteiger partial charge is 0.325 e. The third-order valence-electron chi connectivity index (χ3n) is 4.03. The van der Waals surface area contributed by atoms with Crippen LogP contribution in [0.4, 0.5) is 21.4 Å². The summed E-state index contributed by atoms with van der Waals surface area (Å²) in [5, 5.41) is 11.6. The minimum Gasteiger partial charge on any atom is -0.368 e. The Bertz CT molecular complexity index is 1090. The lowest BCUT2D eigenvalue weighted by Gasteiger charge is -2.05. The van der Waals surface area contributed by atoms with Crippen LogP contribution >= 0.6 is 22.7 Å². The summed E-state index contributed by atoms with van der Waals surface area (Å²) in [6, 6.07) is 11.0. The number of hydrogen-bond donors (Lipinski definition) is 3. The standard InChI is InChI=1S/C19H18N6OS2.C2H6/c1-12-15(7-9-20-17-16-14(8-10-27-16)21-11-22-17)28-19(23-12)25-18(26)24-13-5-3-2-4-6-13;1-2/h2-6,8,10-11H,7,9H2,1H3,(H,20,21,22)(H2,23,24,25,26);1-2H3. The molecule has 0 aliphatic carbocycles. The number of rotatable bonds is 6. The number of hydrogen-bond acceptors (Lipinski definition) is 7. The van der Waals surface area contributed by atoms with Crippen LogP contribution in [0.3, 0.4) is 0 Å². The molecule has 3 heterocycles. The molecular formula is C21H24N6OS2. The third kappa shape index (κ3) is 5.52. The number of fused-ring (bicyclic) bond motifs is 1. The lowest BCUT2D eigenvalue weighted by Crippen LogP contribution is -2.19. The van der Waals surface area contributed by atoms with Crippen molar-refractivity contribution in [2.45, 2.75) is 27.2 Å². The Kier molecular flexibility index (Phi) is 7.69. The van der Waals surface area contributed by atoms with Crippen molar-refractivity contribution >= 4 is 55.6 Å². The molecule has 4 rings (SSSR count). The zero-order valence-electron chi connectivity index (χ0n) is 17.1. The largest absolute Gasteiger partial charge is 0.368 e. The molecule has 156 valence electrons. The summed E-state index contributed by atoms with van der Waals surface area (Å²) in [6.45, 7) is 6.68. The van der Waals surface area contributed by atoms with Crippen LogP contribution in [0.2, 0.25) is 0 Å². The minimum atomic E-state index is -0.300. The molecule has 3 N–H and O–H groups in total. The summed E-state index contributed by atoms with van der Waals surface area (Å²) in [6.07, 6.45) is 2.37. The van der Waals surface area contributed by atoms with E-state index >= 15 is 0 Å². The van der Waals surface area contributed by atoms with Gasteiger partial charge in [-0.2, -0.15) is 0 Å². The topological polar surface area (TPSA) is 91.8 Å². The zero-order valence-corrected chi connectivity index (χ0v) is 18.7. The van der Waals surface area contributed by atoms with Gasteiger partial charge in [0.15, 0.2) is 5.13 Å². The number of aromatic nitrogens is 3. The van der Waals surface area contributed by atoms with Crippen molar-refractivity contribution in [2.24, 2.45) is 0 Å². The van der Waals surface area contributed by atoms with Crippen molar-refractivity contribution in [3.63, 3.8) is 0 Å². The van der Waals surface area contributed by atoms with E-state index < -0.39 is 0 Å². The second-order valence-electron chi connectivity index (χ2n) is 6.01. The molecule has 4 aromatic rings. The maximum absolute atomic E-state index is 12.1. The number of carbonyl (C=O) groups is 1. The van der Waals surface area contributed by atoms with Gasteiger partial charge in [0.1, 0.15) is 12.1 Å². The van der Waals surface area contributed by atoms with Gasteiger partial charge in [-0.05, 0) is 30.5 Å². The molecule has 0 unspecified atom stereocenters. The fourth-order valence-electron chi connectivity index (χ4n) is 2.70. The third-order valence-corrected chi connectivity index (χ3v) is 6.08. The molecule has 0 saturated heterocycles. The number of amides is 2. The predicted octanol–water partition coefficient (Wildman–Crippen LogP) is 5.78. The second kappa shape index (κ2) is 10.7. The van der Waals surface area contributed by atoms with E-state index in [9.17, 15) is 4.79 Å². The van der Waals surface area contributed by atoms with Crippen LogP contribution in [0, 0.1) is 6.92 Å². The maximum atomic E-state index is 12.1. The minimum absolute atomic E-state index is 0.300. The van der Waals surface area contributed by atoms with E-state index in [1.165, 1.54) is 11.3 Å². The maximum Gasteiger partial charge on any atom is 0.325 e. The van der Waals surface area contributed by atoms with Crippen LogP contribution in [-0.2, 0) is 6.42 Å². The molecule has 30 heavy (non-hydrogen) atoms. The molecule has 1 aromatic carbocycles. The average molecular weight is 441 g/mol. The summed E-state index contributed by atoms with van der Waals surface area (Å²) in [4.78, 5) is 26.3. The van der Waals surface area contributed by atoms with Gasteiger partial charge in [0, 0.05) is 23.5 Å². The van der Waals surface area contributed by atoms with Crippen molar-refractivity contribution in [1.82, 2.24) is 15.0 Å². The van der Waals surface area contributed by atoms with E-state index in [0.717, 1.165) is 45.3 Å². The monoisotopic (exact) mass is 440 g/mol. The van der Waals surface area contributed by atoms with Gasteiger partial charge in [-0.25, -0.2) is 19.7 Å². The van der Waals surface area contributed by atoms with E-state index in [4.69, 9.17) is 0 Å². The molecule has 3 aromatic heterocycles. The fourth-order valence-corrected chi connectivity index (χ4v) is 4.47. The molecule has 0 aliphatic heterocycles. The number of urea groups is 1. The first-order valence-corrected chi connectivity index (χ1v) is 11.4. The number of thiophene rings is 1. The van der Waals surface area contributed by atoms with Crippen LogP contribution in [0.1, 0.15) is 24.4 Å². The van der Waals surface area contributed by atoms with Crippen LogP contribution in [-0.4, -0.2) is 27.5 Å². The SMILES string of the molecule is CC.Cc1nc(NC(=O)Nc2ccccc2)sc1CCNc1ncnc2ccsc12. The Labute approximate surface area is 183 Å². The van der Waals surface area contributed by atoms with Crippen LogP contribution in [0.25, 0.3) is 10.2 Å². The van der Waals surface area contributed by atoms with Gasteiger partial charge in [-0.3, -0.25) is 5.32 Å². The highest BCUT2D eigenvalue weighted by Crippen LogP contribution is 2.26. The van der Waals surface area contributed by atoms with Crippen LogP contribution in [0.15, 0.2) is 48.1 Å². The molecule has 0 fully saturated rings. The van der Waals surface area contributed by atoms with E-state index in [-0.39, 0.29) is 6.03 Å². The summed E-state index contributed by atoms with van der Waals surface area (Å²) in [7, 11) is 0. The van der Waals surface area contributed by atoms with Gasteiger partial charge in [0.25, 0.3) is 0 Å². The number of carbonyl (C=O) groups excluding carboxylic acids is 1. The Hall–Kier alpha value is -3.04. The Balaban J connectivity index is 0.00000124. The highest BCUT2D eigenvalue weighted by molar-refractivity contribution is 7.17. The van der Waals surface area contributed by atoms with Gasteiger partial charge >= 0.3 is 6.03 Å². The number of para-hydroxylation sites is 1. The van der Waals surface area contributed by atoms with Gasteiger partial charge in [0.2, 0.25) is 0 Å². The van der Waals surface area contributed by atoms with E-state index in [0.29, 0.717) is 5.13 Å². The highest BCUT2D eigenvalue weighted by atomic mass is 32.1. The van der Waals surface area contributed by atoms with Crippen molar-refractivity contribution < 1.29 is 4.79 Å². The van der Waals surface area contributed by atoms with Crippen LogP contribution < -0.4 is 16.0 Å². The molecule has 0 bridgehead atoms. The van der Waals surface area contributed by atoms with Crippen molar-refractivity contribution in [3.05, 3.63) is 58.7 Å².